The van der Waals surface area contributed by atoms with Gasteiger partial charge in [0.15, 0.2) is 17.5 Å². The van der Waals surface area contributed by atoms with Gasteiger partial charge in [0.2, 0.25) is 0 Å². The summed E-state index contributed by atoms with van der Waals surface area (Å²) in [5.41, 5.74) is 16.8. The normalized spacial score (nSPS) is 12.4. The van der Waals surface area contributed by atoms with Crippen LogP contribution in [0.15, 0.2) is 231 Å². The van der Waals surface area contributed by atoms with E-state index < -0.39 is 5.41 Å². The van der Waals surface area contributed by atoms with Gasteiger partial charge in [-0.2, -0.15) is 0 Å². The van der Waals surface area contributed by atoms with Crippen LogP contribution in [0, 0.1) is 0 Å². The predicted molar refractivity (Wildman–Crippen MR) is 248 cm³/mol. The van der Waals surface area contributed by atoms with E-state index in [4.69, 9.17) is 15.0 Å². The lowest BCUT2D eigenvalue weighted by molar-refractivity contribution is 0.768. The zero-order valence-corrected chi connectivity index (χ0v) is 33.2. The maximum atomic E-state index is 5.02. The first kappa shape index (κ1) is 36.0. The molecular formula is C57H38N4. The van der Waals surface area contributed by atoms with Gasteiger partial charge in [0.05, 0.1) is 5.41 Å². The molecule has 2 aromatic heterocycles. The largest absolute Gasteiger partial charge is 0.264 e. The number of rotatable bonds is 8. The number of hydrogen-bond donors (Lipinski definition) is 0. The minimum atomic E-state index is -0.414. The fourth-order valence-corrected chi connectivity index (χ4v) is 9.01. The number of nitrogens with zero attached hydrogens (tertiary/aromatic N) is 4. The molecule has 10 aromatic rings. The molecule has 0 saturated heterocycles. The third kappa shape index (κ3) is 6.42. The van der Waals surface area contributed by atoms with E-state index >= 15 is 0 Å². The Labute approximate surface area is 355 Å². The molecule has 4 heteroatoms. The molecule has 0 N–H and O–H groups in total. The second kappa shape index (κ2) is 15.3. The molecule has 286 valence electrons. The fraction of sp³-hybridized carbons (Fsp3) is 0.0175. The van der Waals surface area contributed by atoms with Gasteiger partial charge >= 0.3 is 0 Å². The van der Waals surface area contributed by atoms with Crippen molar-refractivity contribution in [2.75, 3.05) is 0 Å². The van der Waals surface area contributed by atoms with Crippen molar-refractivity contribution in [2.24, 2.45) is 0 Å². The fourth-order valence-electron chi connectivity index (χ4n) is 9.01. The summed E-state index contributed by atoms with van der Waals surface area (Å²) in [5, 5.41) is 0. The van der Waals surface area contributed by atoms with Crippen molar-refractivity contribution >= 4 is 0 Å². The van der Waals surface area contributed by atoms with Crippen molar-refractivity contribution in [3.8, 4) is 78.7 Å². The molecule has 0 unspecified atom stereocenters. The molecule has 0 saturated carbocycles. The van der Waals surface area contributed by atoms with E-state index in [0.717, 1.165) is 38.9 Å². The highest BCUT2D eigenvalue weighted by Crippen LogP contribution is 2.56. The van der Waals surface area contributed by atoms with Crippen molar-refractivity contribution in [3.63, 3.8) is 0 Å². The van der Waals surface area contributed by atoms with Crippen LogP contribution in [0.4, 0.5) is 0 Å². The van der Waals surface area contributed by atoms with E-state index in [1.807, 2.05) is 42.6 Å². The number of hydrogen-bond acceptors (Lipinski definition) is 4. The van der Waals surface area contributed by atoms with Gasteiger partial charge in [-0.25, -0.2) is 15.0 Å². The molecule has 1 aliphatic rings. The SMILES string of the molecule is c1ccc(-c2nc(-c3ccc(-c4cccnc4)cc3)nc(-c3ccc(-c4cccc(-c5ccc6c(c5)-c5ccccc5C6(c5ccccc5)c5ccccc5)c4)cc3)n2)cc1. The lowest BCUT2D eigenvalue weighted by atomic mass is 9.67. The maximum absolute atomic E-state index is 5.02. The monoisotopic (exact) mass is 778 g/mol. The second-order valence-electron chi connectivity index (χ2n) is 15.4. The summed E-state index contributed by atoms with van der Waals surface area (Å²) in [4.78, 5) is 19.2. The van der Waals surface area contributed by atoms with E-state index in [1.165, 1.54) is 44.5 Å². The molecular weight excluding hydrogens is 741 g/mol. The molecule has 4 nitrogen and oxygen atoms in total. The van der Waals surface area contributed by atoms with Crippen LogP contribution in [-0.4, -0.2) is 19.9 Å². The van der Waals surface area contributed by atoms with Gasteiger partial charge in [0.25, 0.3) is 0 Å². The van der Waals surface area contributed by atoms with Crippen molar-refractivity contribution in [2.45, 2.75) is 5.41 Å². The summed E-state index contributed by atoms with van der Waals surface area (Å²) in [5.74, 6) is 1.89. The van der Waals surface area contributed by atoms with Crippen LogP contribution in [0.2, 0.25) is 0 Å². The number of pyridine rings is 1. The minimum absolute atomic E-state index is 0.414. The maximum Gasteiger partial charge on any atom is 0.164 e. The molecule has 2 heterocycles. The summed E-state index contributed by atoms with van der Waals surface area (Å²) in [6.07, 6.45) is 3.66. The van der Waals surface area contributed by atoms with E-state index in [1.54, 1.807) is 6.20 Å². The molecule has 8 aromatic carbocycles. The minimum Gasteiger partial charge on any atom is -0.264 e. The van der Waals surface area contributed by atoms with Crippen LogP contribution in [0.25, 0.3) is 78.7 Å². The Balaban J connectivity index is 0.942. The quantitative estimate of drug-likeness (QED) is 0.154. The summed E-state index contributed by atoms with van der Waals surface area (Å²) in [6.45, 7) is 0. The first-order valence-corrected chi connectivity index (χ1v) is 20.6. The number of fused-ring (bicyclic) bond motifs is 3. The molecule has 0 aliphatic heterocycles. The lowest BCUT2D eigenvalue weighted by Crippen LogP contribution is -2.28. The molecule has 0 amide bonds. The van der Waals surface area contributed by atoms with Gasteiger partial charge in [0.1, 0.15) is 0 Å². The van der Waals surface area contributed by atoms with Crippen molar-refractivity contribution in [1.82, 2.24) is 19.9 Å². The zero-order chi connectivity index (χ0) is 40.6. The summed E-state index contributed by atoms with van der Waals surface area (Å²) < 4.78 is 0. The standard InChI is InChI=1S/C57H38N4/c1-4-14-41(15-5-1)54-59-55(61-56(60-54)43-31-27-40(28-32-43)47-18-13-35-58-38-47)42-29-25-39(26-30-42)44-16-12-17-45(36-44)46-33-34-53-51(37-46)50-23-10-11-24-52(50)57(53,48-19-6-2-7-20-48)49-21-8-3-9-22-49/h1-38H. The third-order valence-corrected chi connectivity index (χ3v) is 11.9. The number of aromatic nitrogens is 4. The van der Waals surface area contributed by atoms with Gasteiger partial charge in [-0.3, -0.25) is 4.98 Å². The highest BCUT2D eigenvalue weighted by Gasteiger charge is 2.45. The molecule has 61 heavy (non-hydrogen) atoms. The molecule has 0 radical (unpaired) electrons. The van der Waals surface area contributed by atoms with E-state index in [0.29, 0.717) is 17.5 Å². The molecule has 11 rings (SSSR count). The Morgan fingerprint density at radius 1 is 0.279 bits per heavy atom. The van der Waals surface area contributed by atoms with E-state index in [2.05, 4.69) is 187 Å². The van der Waals surface area contributed by atoms with Crippen molar-refractivity contribution < 1.29 is 0 Å². The first-order chi connectivity index (χ1) is 30.2. The first-order valence-electron chi connectivity index (χ1n) is 20.6. The molecule has 0 fully saturated rings. The highest BCUT2D eigenvalue weighted by atomic mass is 15.0. The van der Waals surface area contributed by atoms with Crippen LogP contribution in [0.5, 0.6) is 0 Å². The van der Waals surface area contributed by atoms with Gasteiger partial charge in [-0.1, -0.05) is 200 Å². The lowest BCUT2D eigenvalue weighted by Gasteiger charge is -2.33. The predicted octanol–water partition coefficient (Wildman–Crippen LogP) is 13.6. The highest BCUT2D eigenvalue weighted by molar-refractivity contribution is 5.89. The molecule has 0 bridgehead atoms. The van der Waals surface area contributed by atoms with Crippen LogP contribution >= 0.6 is 0 Å². The van der Waals surface area contributed by atoms with Crippen molar-refractivity contribution in [3.05, 3.63) is 253 Å². The van der Waals surface area contributed by atoms with E-state index in [-0.39, 0.29) is 0 Å². The molecule has 0 spiro atoms. The Morgan fingerprint density at radius 2 is 0.705 bits per heavy atom. The van der Waals surface area contributed by atoms with Gasteiger partial charge in [0, 0.05) is 29.1 Å². The third-order valence-electron chi connectivity index (χ3n) is 11.9. The van der Waals surface area contributed by atoms with Crippen LogP contribution in [0.1, 0.15) is 22.3 Å². The summed E-state index contributed by atoms with van der Waals surface area (Å²) in [6, 6.07) is 77.6. The Kier molecular flexibility index (Phi) is 9.02. The number of benzene rings is 8. The molecule has 1 aliphatic carbocycles. The zero-order valence-electron chi connectivity index (χ0n) is 33.2. The van der Waals surface area contributed by atoms with Crippen LogP contribution in [-0.2, 0) is 5.41 Å². The van der Waals surface area contributed by atoms with Gasteiger partial charge in [-0.05, 0) is 85.0 Å². The Hall–Kier alpha value is -8.08. The summed E-state index contributed by atoms with van der Waals surface area (Å²) >= 11 is 0. The van der Waals surface area contributed by atoms with Crippen LogP contribution in [0.3, 0.4) is 0 Å². The van der Waals surface area contributed by atoms with Gasteiger partial charge < -0.3 is 0 Å². The molecule has 0 atom stereocenters. The summed E-state index contributed by atoms with van der Waals surface area (Å²) in [7, 11) is 0. The van der Waals surface area contributed by atoms with Crippen molar-refractivity contribution in [1.29, 1.82) is 0 Å². The van der Waals surface area contributed by atoms with E-state index in [9.17, 15) is 0 Å². The average Bonchev–Trinajstić information content (AvgIpc) is 3.65. The average molecular weight is 779 g/mol. The van der Waals surface area contributed by atoms with Crippen LogP contribution < -0.4 is 0 Å². The smallest absolute Gasteiger partial charge is 0.164 e. The topological polar surface area (TPSA) is 51.6 Å². The second-order valence-corrected chi connectivity index (χ2v) is 15.4. The Bertz CT molecular complexity index is 3110. The van der Waals surface area contributed by atoms with Gasteiger partial charge in [-0.15, -0.1) is 0 Å². The Morgan fingerprint density at radius 3 is 1.30 bits per heavy atom.